The zero-order valence-electron chi connectivity index (χ0n) is 19.0. The molecule has 0 aromatic heterocycles. The van der Waals surface area contributed by atoms with Crippen LogP contribution in [-0.4, -0.2) is 52.2 Å². The van der Waals surface area contributed by atoms with Crippen LogP contribution in [-0.2, 0) is 12.8 Å². The lowest BCUT2D eigenvalue weighted by atomic mass is 9.98. The number of benzene rings is 2. The fourth-order valence-corrected chi connectivity index (χ4v) is 5.21. The van der Waals surface area contributed by atoms with Crippen LogP contribution < -0.4 is 10.6 Å². The summed E-state index contributed by atoms with van der Waals surface area (Å²) in [4.78, 5) is 8.75. The van der Waals surface area contributed by atoms with Crippen molar-refractivity contribution in [1.82, 2.24) is 4.90 Å². The molecule has 0 amide bonds. The normalized spacial score (nSPS) is 18.9. The van der Waals surface area contributed by atoms with Gasteiger partial charge < -0.3 is 15.9 Å². The summed E-state index contributed by atoms with van der Waals surface area (Å²) in [6.45, 7) is 6.35. The van der Waals surface area contributed by atoms with Gasteiger partial charge in [-0.2, -0.15) is 0 Å². The van der Waals surface area contributed by atoms with Crippen molar-refractivity contribution in [3.63, 3.8) is 0 Å². The van der Waals surface area contributed by atoms with Gasteiger partial charge in [-0.15, -0.1) is 0 Å². The molecule has 0 bridgehead atoms. The smallest absolute Gasteiger partial charge is 0.176 e. The van der Waals surface area contributed by atoms with Gasteiger partial charge in [0.1, 0.15) is 17.3 Å². The highest BCUT2D eigenvalue weighted by Crippen LogP contribution is 2.35. The molecular formula is C25H32N4O2S. The summed E-state index contributed by atoms with van der Waals surface area (Å²) < 4.78 is 0. The van der Waals surface area contributed by atoms with Gasteiger partial charge in [0.15, 0.2) is 5.11 Å². The van der Waals surface area contributed by atoms with E-state index in [0.29, 0.717) is 17.4 Å². The van der Waals surface area contributed by atoms with E-state index in [1.807, 2.05) is 19.9 Å². The van der Waals surface area contributed by atoms with Gasteiger partial charge in [0, 0.05) is 19.2 Å². The van der Waals surface area contributed by atoms with Crippen molar-refractivity contribution < 1.29 is 10.2 Å². The maximum absolute atomic E-state index is 10.6. The third-order valence-electron chi connectivity index (χ3n) is 6.67. The van der Waals surface area contributed by atoms with E-state index in [9.17, 15) is 10.2 Å². The van der Waals surface area contributed by atoms with Gasteiger partial charge in [-0.3, -0.25) is 14.8 Å². The number of hydrogen-bond donors (Lipinski definition) is 3. The zero-order chi connectivity index (χ0) is 23.0. The molecule has 4 rings (SSSR count). The molecule has 1 aliphatic carbocycles. The zero-order valence-corrected chi connectivity index (χ0v) is 19.8. The van der Waals surface area contributed by atoms with Crippen LogP contribution in [0.2, 0.25) is 0 Å². The number of hydrogen-bond acceptors (Lipinski definition) is 5. The van der Waals surface area contributed by atoms with Crippen molar-refractivity contribution in [3.05, 3.63) is 52.6 Å². The molecule has 0 radical (unpaired) electrons. The van der Waals surface area contributed by atoms with E-state index in [2.05, 4.69) is 22.0 Å². The van der Waals surface area contributed by atoms with Crippen molar-refractivity contribution in [2.45, 2.75) is 51.5 Å². The highest BCUT2D eigenvalue weighted by Gasteiger charge is 2.30. The maximum Gasteiger partial charge on any atom is 0.176 e. The number of aliphatic imine (C=N–C) groups is 1. The van der Waals surface area contributed by atoms with Crippen LogP contribution in [0.4, 0.5) is 5.69 Å². The first-order valence-corrected chi connectivity index (χ1v) is 11.7. The molecule has 32 heavy (non-hydrogen) atoms. The monoisotopic (exact) mass is 452 g/mol. The maximum atomic E-state index is 10.6. The third-order valence-corrected chi connectivity index (χ3v) is 6.85. The molecule has 6 nitrogen and oxygen atoms in total. The van der Waals surface area contributed by atoms with Gasteiger partial charge >= 0.3 is 0 Å². The molecule has 0 spiro atoms. The van der Waals surface area contributed by atoms with E-state index >= 15 is 0 Å². The molecule has 1 atom stereocenters. The Hall–Kier alpha value is -2.64. The van der Waals surface area contributed by atoms with Crippen molar-refractivity contribution in [2.24, 2.45) is 10.7 Å². The van der Waals surface area contributed by atoms with Crippen molar-refractivity contribution >= 4 is 28.9 Å². The van der Waals surface area contributed by atoms with E-state index in [1.165, 1.54) is 43.1 Å². The number of amidine groups is 1. The Balaban J connectivity index is 1.70. The van der Waals surface area contributed by atoms with Crippen LogP contribution >= 0.6 is 12.2 Å². The number of anilines is 1. The highest BCUT2D eigenvalue weighted by atomic mass is 32.1. The van der Waals surface area contributed by atoms with Crippen LogP contribution in [0.15, 0.2) is 35.3 Å². The summed E-state index contributed by atoms with van der Waals surface area (Å²) in [5, 5.41) is 21.0. The number of likely N-dealkylation sites (tertiary alicyclic amines) is 1. The summed E-state index contributed by atoms with van der Waals surface area (Å²) >= 11 is 5.42. The summed E-state index contributed by atoms with van der Waals surface area (Å²) in [7, 11) is 1.65. The van der Waals surface area contributed by atoms with E-state index < -0.39 is 0 Å². The number of nitrogens with zero attached hydrogens (tertiary/aromatic N) is 3. The quantitative estimate of drug-likeness (QED) is 0.371. The minimum Gasteiger partial charge on any atom is -0.508 e. The third kappa shape index (κ3) is 4.19. The van der Waals surface area contributed by atoms with Gasteiger partial charge in [0.05, 0.1) is 11.3 Å². The second-order valence-corrected chi connectivity index (χ2v) is 9.48. The molecule has 0 saturated carbocycles. The molecule has 1 saturated heterocycles. The van der Waals surface area contributed by atoms with Gasteiger partial charge in [-0.25, -0.2) is 0 Å². The summed E-state index contributed by atoms with van der Waals surface area (Å²) in [6.07, 6.45) is 4.68. The van der Waals surface area contributed by atoms with E-state index in [-0.39, 0.29) is 22.5 Å². The molecule has 1 aliphatic heterocycles. The van der Waals surface area contributed by atoms with Crippen LogP contribution in [0.25, 0.3) is 0 Å². The Morgan fingerprint density at radius 2 is 1.78 bits per heavy atom. The fourth-order valence-electron chi connectivity index (χ4n) is 5.02. The second-order valence-electron chi connectivity index (χ2n) is 9.06. The number of rotatable bonds is 4. The summed E-state index contributed by atoms with van der Waals surface area (Å²) in [5.74, 6) is 0.521. The predicted molar refractivity (Wildman–Crippen MR) is 134 cm³/mol. The molecule has 2 aromatic rings. The van der Waals surface area contributed by atoms with E-state index in [1.54, 1.807) is 18.0 Å². The van der Waals surface area contributed by atoms with Gasteiger partial charge in [-0.05, 0) is 91.8 Å². The molecule has 2 aromatic carbocycles. The second kappa shape index (κ2) is 9.08. The Bertz CT molecular complexity index is 1060. The van der Waals surface area contributed by atoms with Crippen LogP contribution in [0.3, 0.4) is 0 Å². The minimum atomic E-state index is -0.0657. The molecule has 170 valence electrons. The minimum absolute atomic E-state index is 0.0593. The summed E-state index contributed by atoms with van der Waals surface area (Å²) in [5.41, 5.74) is 10.9. The number of fused-ring (bicyclic) bond motifs is 1. The van der Waals surface area contributed by atoms with Crippen LogP contribution in [0.5, 0.6) is 11.5 Å². The number of aromatic hydroxyl groups is 2. The Kier molecular flexibility index (Phi) is 6.40. The molecule has 2 aliphatic rings. The lowest BCUT2D eigenvalue weighted by Gasteiger charge is -2.26. The first kappa shape index (κ1) is 22.6. The fraction of sp³-hybridized carbons (Fsp3) is 0.440. The van der Waals surface area contributed by atoms with Crippen molar-refractivity contribution in [3.8, 4) is 11.5 Å². The van der Waals surface area contributed by atoms with E-state index in [4.69, 9.17) is 18.0 Å². The van der Waals surface area contributed by atoms with Crippen molar-refractivity contribution in [1.29, 1.82) is 0 Å². The predicted octanol–water partition coefficient (Wildman–Crippen LogP) is 3.91. The van der Waals surface area contributed by atoms with Crippen molar-refractivity contribution in [2.75, 3.05) is 25.0 Å². The van der Waals surface area contributed by atoms with E-state index in [0.717, 1.165) is 24.1 Å². The lowest BCUT2D eigenvalue weighted by Crippen LogP contribution is -2.41. The molecule has 1 heterocycles. The first-order chi connectivity index (χ1) is 15.3. The van der Waals surface area contributed by atoms with Gasteiger partial charge in [0.2, 0.25) is 0 Å². The van der Waals surface area contributed by atoms with Gasteiger partial charge in [-0.1, -0.05) is 19.9 Å². The molecule has 4 N–H and O–H groups in total. The van der Waals surface area contributed by atoms with Gasteiger partial charge in [0.25, 0.3) is 0 Å². The molecular weight excluding hydrogens is 420 g/mol. The lowest BCUT2D eigenvalue weighted by molar-refractivity contribution is 0.250. The van der Waals surface area contributed by atoms with Crippen LogP contribution in [0.1, 0.15) is 54.9 Å². The molecule has 1 unspecified atom stereocenters. The number of phenolic OH excluding ortho intramolecular Hbond substituents is 2. The summed E-state index contributed by atoms with van der Waals surface area (Å²) in [6, 6.07) is 10.0. The Morgan fingerprint density at radius 3 is 2.41 bits per heavy atom. The number of nitrogens with two attached hydrogens (primary N) is 1. The largest absolute Gasteiger partial charge is 0.508 e. The molecule has 7 heteroatoms. The highest BCUT2D eigenvalue weighted by molar-refractivity contribution is 7.80. The van der Waals surface area contributed by atoms with Crippen LogP contribution in [0, 0.1) is 0 Å². The first-order valence-electron chi connectivity index (χ1n) is 11.3. The average molecular weight is 453 g/mol. The SMILES string of the molecule is CN=C(c1cc(C(C)C)c(O)cc1O)N(C(N)=S)c1ccc2c(c1)CC(N1CCCC1)C2. The standard InChI is InChI=1S/C25H32N4O2S/c1-15(2)20-13-21(23(31)14-22(20)30)24(27-3)29(25(26)32)18-7-6-16-10-19(12-17(16)11-18)28-8-4-5-9-28/h6-7,11,13-15,19,30-31H,4-5,8-10,12H2,1-3H3,(H2,26,32). The Morgan fingerprint density at radius 1 is 1.09 bits per heavy atom. The number of thiocarbonyl (C=S) groups is 1. The Labute approximate surface area is 195 Å². The average Bonchev–Trinajstić information content (AvgIpc) is 3.41. The topological polar surface area (TPSA) is 85.3 Å². The number of phenols is 2. The molecule has 1 fully saturated rings.